The van der Waals surface area contributed by atoms with Gasteiger partial charge in [0.05, 0.1) is 0 Å². The van der Waals surface area contributed by atoms with Gasteiger partial charge in [-0.05, 0) is 56.2 Å². The smallest absolute Gasteiger partial charge is 0.215 e. The topological polar surface area (TPSA) is 56.8 Å². The van der Waals surface area contributed by atoms with Crippen LogP contribution >= 0.6 is 12.2 Å². The van der Waals surface area contributed by atoms with Gasteiger partial charge in [-0.2, -0.15) is 10.1 Å². The van der Waals surface area contributed by atoms with Crippen molar-refractivity contribution in [3.05, 3.63) is 34.7 Å². The molecule has 0 spiro atoms. The molecule has 6 heteroatoms. The molecule has 1 aliphatic rings. The van der Waals surface area contributed by atoms with Gasteiger partial charge in [0.25, 0.3) is 0 Å². The highest BCUT2D eigenvalue weighted by Crippen LogP contribution is 2.23. The molecule has 1 saturated heterocycles. The summed E-state index contributed by atoms with van der Waals surface area (Å²) in [5.74, 6) is 0.697. The van der Waals surface area contributed by atoms with Gasteiger partial charge in [-0.15, -0.1) is 0 Å². The third-order valence-electron chi connectivity index (χ3n) is 3.48. The molecule has 0 saturated carbocycles. The van der Waals surface area contributed by atoms with Gasteiger partial charge in [-0.25, -0.2) is 0 Å². The molecule has 3 rings (SSSR count). The molecule has 1 aromatic carbocycles. The van der Waals surface area contributed by atoms with Crippen LogP contribution in [0, 0.1) is 11.7 Å². The molecule has 2 aromatic rings. The summed E-state index contributed by atoms with van der Waals surface area (Å²) >= 11 is 4.99. The second-order valence-electron chi connectivity index (χ2n) is 4.94. The first-order valence-corrected chi connectivity index (χ1v) is 7.18. The molecule has 1 aliphatic heterocycles. The number of aromatic amines is 1. The van der Waals surface area contributed by atoms with Gasteiger partial charge in [0.1, 0.15) is 5.69 Å². The number of H-pyrrole nitrogens is 1. The van der Waals surface area contributed by atoms with Crippen molar-refractivity contribution in [2.45, 2.75) is 19.8 Å². The molecule has 0 radical (unpaired) electrons. The van der Waals surface area contributed by atoms with Crippen LogP contribution in [0.3, 0.4) is 0 Å². The van der Waals surface area contributed by atoms with Crippen molar-refractivity contribution >= 4 is 29.4 Å². The van der Waals surface area contributed by atoms with E-state index in [2.05, 4.69) is 49.7 Å². The van der Waals surface area contributed by atoms with Crippen molar-refractivity contribution in [3.63, 3.8) is 0 Å². The van der Waals surface area contributed by atoms with E-state index < -0.39 is 0 Å². The molecule has 0 bridgehead atoms. The third kappa shape index (κ3) is 2.80. The van der Waals surface area contributed by atoms with Crippen LogP contribution in [-0.4, -0.2) is 28.3 Å². The lowest BCUT2D eigenvalue weighted by atomic mass is 10.2. The van der Waals surface area contributed by atoms with E-state index in [4.69, 9.17) is 12.2 Å². The van der Waals surface area contributed by atoms with Gasteiger partial charge in [-0.3, -0.25) is 5.10 Å². The SMILES string of the molecule is Cc1n[nH]c(=S)nc1Nc1ccc(N2CCCC2)cc1. The van der Waals surface area contributed by atoms with Crippen LogP contribution in [0.4, 0.5) is 17.2 Å². The van der Waals surface area contributed by atoms with E-state index in [1.807, 2.05) is 6.92 Å². The van der Waals surface area contributed by atoms with E-state index >= 15 is 0 Å². The van der Waals surface area contributed by atoms with Crippen LogP contribution in [0.5, 0.6) is 0 Å². The van der Waals surface area contributed by atoms with E-state index in [0.29, 0.717) is 10.6 Å². The number of aryl methyl sites for hydroxylation is 1. The quantitative estimate of drug-likeness (QED) is 0.849. The molecule has 2 N–H and O–H groups in total. The first-order chi connectivity index (χ1) is 9.72. The van der Waals surface area contributed by atoms with Crippen molar-refractivity contribution in [3.8, 4) is 0 Å². The van der Waals surface area contributed by atoms with Crippen LogP contribution in [0.25, 0.3) is 0 Å². The summed E-state index contributed by atoms with van der Waals surface area (Å²) < 4.78 is 0.381. The van der Waals surface area contributed by atoms with Crippen LogP contribution < -0.4 is 10.2 Å². The van der Waals surface area contributed by atoms with Crippen LogP contribution in [0.2, 0.25) is 0 Å². The van der Waals surface area contributed by atoms with E-state index in [9.17, 15) is 0 Å². The van der Waals surface area contributed by atoms with Gasteiger partial charge >= 0.3 is 0 Å². The number of anilines is 3. The van der Waals surface area contributed by atoms with Gasteiger partial charge in [0.15, 0.2) is 5.82 Å². The second-order valence-corrected chi connectivity index (χ2v) is 5.33. The van der Waals surface area contributed by atoms with E-state index in [1.165, 1.54) is 18.5 Å². The average Bonchev–Trinajstić information content (AvgIpc) is 2.98. The molecule has 5 nitrogen and oxygen atoms in total. The molecule has 1 aromatic heterocycles. The first-order valence-electron chi connectivity index (χ1n) is 6.78. The number of hydrogen-bond acceptors (Lipinski definition) is 5. The Morgan fingerprint density at radius 3 is 2.60 bits per heavy atom. The van der Waals surface area contributed by atoms with Crippen LogP contribution in [-0.2, 0) is 0 Å². The molecule has 0 atom stereocenters. The second kappa shape index (κ2) is 5.58. The summed E-state index contributed by atoms with van der Waals surface area (Å²) in [6.45, 7) is 4.20. The molecule has 104 valence electrons. The molecule has 1 fully saturated rings. The average molecular weight is 287 g/mol. The molecule has 0 unspecified atom stereocenters. The fourth-order valence-corrected chi connectivity index (χ4v) is 2.52. The van der Waals surface area contributed by atoms with Crippen molar-refractivity contribution < 1.29 is 0 Å². The minimum absolute atomic E-state index is 0.381. The van der Waals surface area contributed by atoms with Gasteiger partial charge in [0.2, 0.25) is 4.77 Å². The summed E-state index contributed by atoms with van der Waals surface area (Å²) in [6, 6.07) is 8.41. The van der Waals surface area contributed by atoms with E-state index in [-0.39, 0.29) is 0 Å². The maximum absolute atomic E-state index is 4.99. The van der Waals surface area contributed by atoms with Crippen molar-refractivity contribution in [2.75, 3.05) is 23.3 Å². The number of aromatic nitrogens is 3. The number of nitrogens with one attached hydrogen (secondary N) is 2. The highest BCUT2D eigenvalue weighted by Gasteiger charge is 2.11. The van der Waals surface area contributed by atoms with Gasteiger partial charge in [-0.1, -0.05) is 0 Å². The Balaban J connectivity index is 1.77. The Morgan fingerprint density at radius 1 is 1.20 bits per heavy atom. The maximum Gasteiger partial charge on any atom is 0.215 e. The predicted octanol–water partition coefficient (Wildman–Crippen LogP) is 3.19. The van der Waals surface area contributed by atoms with Crippen LogP contribution in [0.15, 0.2) is 24.3 Å². The fraction of sp³-hybridized carbons (Fsp3) is 0.357. The minimum atomic E-state index is 0.381. The fourth-order valence-electron chi connectivity index (χ4n) is 2.38. The summed E-state index contributed by atoms with van der Waals surface area (Å²) in [5, 5.41) is 10.0. The molecule has 0 amide bonds. The first kappa shape index (κ1) is 13.1. The molecule has 2 heterocycles. The highest BCUT2D eigenvalue weighted by atomic mass is 32.1. The number of nitrogens with zero attached hydrogens (tertiary/aromatic N) is 3. The number of rotatable bonds is 3. The molecular weight excluding hydrogens is 270 g/mol. The van der Waals surface area contributed by atoms with E-state index in [0.717, 1.165) is 24.5 Å². The molecule has 0 aliphatic carbocycles. The molecule has 20 heavy (non-hydrogen) atoms. The lowest BCUT2D eigenvalue weighted by Gasteiger charge is -2.18. The Bertz CT molecular complexity index is 643. The van der Waals surface area contributed by atoms with E-state index in [1.54, 1.807) is 0 Å². The van der Waals surface area contributed by atoms with Crippen molar-refractivity contribution in [1.82, 2.24) is 15.2 Å². The summed E-state index contributed by atoms with van der Waals surface area (Å²) in [4.78, 5) is 6.65. The Kier molecular flexibility index (Phi) is 3.64. The minimum Gasteiger partial charge on any atom is -0.372 e. The zero-order valence-corrected chi connectivity index (χ0v) is 12.2. The summed E-state index contributed by atoms with van der Waals surface area (Å²) in [5.41, 5.74) is 3.06. The van der Waals surface area contributed by atoms with Crippen molar-refractivity contribution in [1.29, 1.82) is 0 Å². The highest BCUT2D eigenvalue weighted by molar-refractivity contribution is 7.71. The largest absolute Gasteiger partial charge is 0.372 e. The lowest BCUT2D eigenvalue weighted by molar-refractivity contribution is 0.914. The maximum atomic E-state index is 4.99. The monoisotopic (exact) mass is 287 g/mol. The Hall–Kier alpha value is -1.95. The zero-order chi connectivity index (χ0) is 13.9. The number of benzene rings is 1. The third-order valence-corrected chi connectivity index (χ3v) is 3.66. The summed E-state index contributed by atoms with van der Waals surface area (Å²) in [7, 11) is 0. The zero-order valence-electron chi connectivity index (χ0n) is 11.4. The number of hydrogen-bond donors (Lipinski definition) is 2. The summed E-state index contributed by atoms with van der Waals surface area (Å²) in [6.07, 6.45) is 2.58. The lowest BCUT2D eigenvalue weighted by Crippen LogP contribution is -2.17. The Labute approximate surface area is 123 Å². The Morgan fingerprint density at radius 2 is 1.90 bits per heavy atom. The van der Waals surface area contributed by atoms with Crippen molar-refractivity contribution in [2.24, 2.45) is 0 Å². The predicted molar refractivity (Wildman–Crippen MR) is 83.1 cm³/mol. The standard InChI is InChI=1S/C14H17N5S/c1-10-13(16-14(20)18-17-10)15-11-4-6-12(7-5-11)19-8-2-3-9-19/h4-7H,2-3,8-9H2,1H3,(H2,15,16,18,20). The van der Waals surface area contributed by atoms with Gasteiger partial charge < -0.3 is 10.2 Å². The normalized spacial score (nSPS) is 14.6. The van der Waals surface area contributed by atoms with Gasteiger partial charge in [0, 0.05) is 24.5 Å². The van der Waals surface area contributed by atoms with Crippen LogP contribution in [0.1, 0.15) is 18.5 Å². The molecular formula is C14H17N5S.